The van der Waals surface area contributed by atoms with E-state index in [2.05, 4.69) is 4.74 Å². The average molecular weight is 566 g/mol. The molecule has 0 amide bonds. The lowest BCUT2D eigenvalue weighted by Crippen LogP contribution is -2.21. The van der Waals surface area contributed by atoms with Crippen molar-refractivity contribution >= 4 is 6.08 Å². The van der Waals surface area contributed by atoms with E-state index in [4.69, 9.17) is 0 Å². The molecular formula is C30H19F9O. The maximum atomic E-state index is 14.6. The van der Waals surface area contributed by atoms with Gasteiger partial charge in [-0.05, 0) is 71.7 Å². The van der Waals surface area contributed by atoms with E-state index in [0.717, 1.165) is 30.7 Å². The molecule has 0 radical (unpaired) electrons. The first-order valence-corrected chi connectivity index (χ1v) is 11.9. The molecule has 0 heterocycles. The van der Waals surface area contributed by atoms with Crippen LogP contribution in [-0.4, -0.2) is 6.11 Å². The summed E-state index contributed by atoms with van der Waals surface area (Å²) in [6.45, 7) is 1.91. The van der Waals surface area contributed by atoms with Gasteiger partial charge in [-0.3, -0.25) is 0 Å². The SMILES string of the molecule is CCCc1ccc(-c2cc(F)c(C=CC(F)(F)Oc3ccc(-c4cc(F)c(F)c(F)c4)c(F)c3)c(F)c2)c(F)c1. The van der Waals surface area contributed by atoms with Crippen LogP contribution >= 0.6 is 0 Å². The Morgan fingerprint density at radius 1 is 0.650 bits per heavy atom. The lowest BCUT2D eigenvalue weighted by atomic mass is 9.99. The molecule has 10 heteroatoms. The van der Waals surface area contributed by atoms with E-state index in [1.54, 1.807) is 6.07 Å². The Morgan fingerprint density at radius 2 is 1.18 bits per heavy atom. The van der Waals surface area contributed by atoms with E-state index in [1.807, 2.05) is 6.92 Å². The maximum Gasteiger partial charge on any atom is 0.419 e. The van der Waals surface area contributed by atoms with Gasteiger partial charge in [0.05, 0.1) is 0 Å². The fourth-order valence-corrected chi connectivity index (χ4v) is 4.01. The molecule has 0 saturated heterocycles. The van der Waals surface area contributed by atoms with E-state index in [1.165, 1.54) is 12.1 Å². The average Bonchev–Trinajstić information content (AvgIpc) is 2.86. The normalized spacial score (nSPS) is 11.8. The minimum atomic E-state index is -4.18. The van der Waals surface area contributed by atoms with Crippen molar-refractivity contribution in [3.63, 3.8) is 0 Å². The summed E-state index contributed by atoms with van der Waals surface area (Å²) in [4.78, 5) is 0. The van der Waals surface area contributed by atoms with Crippen molar-refractivity contribution < 1.29 is 44.3 Å². The Kier molecular flexibility index (Phi) is 8.27. The van der Waals surface area contributed by atoms with Crippen LogP contribution < -0.4 is 4.74 Å². The van der Waals surface area contributed by atoms with Crippen molar-refractivity contribution in [1.29, 1.82) is 0 Å². The van der Waals surface area contributed by atoms with E-state index < -0.39 is 69.3 Å². The number of ether oxygens (including phenoxy) is 1. The van der Waals surface area contributed by atoms with Gasteiger partial charge in [0.25, 0.3) is 0 Å². The Hall–Kier alpha value is -4.21. The van der Waals surface area contributed by atoms with E-state index in [0.29, 0.717) is 36.3 Å². The molecular weight excluding hydrogens is 547 g/mol. The zero-order chi connectivity index (χ0) is 29.2. The Balaban J connectivity index is 1.54. The van der Waals surface area contributed by atoms with Gasteiger partial charge in [-0.15, -0.1) is 0 Å². The summed E-state index contributed by atoms with van der Waals surface area (Å²) in [6, 6.07) is 9.13. The highest BCUT2D eigenvalue weighted by atomic mass is 19.3. The molecule has 208 valence electrons. The zero-order valence-electron chi connectivity index (χ0n) is 20.7. The molecule has 4 rings (SSSR count). The predicted molar refractivity (Wildman–Crippen MR) is 132 cm³/mol. The van der Waals surface area contributed by atoms with Crippen molar-refractivity contribution in [2.45, 2.75) is 25.9 Å². The Labute approximate surface area is 223 Å². The summed E-state index contributed by atoms with van der Waals surface area (Å²) in [5, 5.41) is 0. The van der Waals surface area contributed by atoms with Crippen LogP contribution in [0.15, 0.2) is 66.7 Å². The number of aryl methyl sites for hydroxylation is 1. The smallest absolute Gasteiger partial charge is 0.419 e. The first kappa shape index (κ1) is 28.8. The zero-order valence-corrected chi connectivity index (χ0v) is 20.7. The van der Waals surface area contributed by atoms with Gasteiger partial charge in [-0.1, -0.05) is 25.5 Å². The molecule has 4 aromatic rings. The van der Waals surface area contributed by atoms with E-state index in [-0.39, 0.29) is 17.2 Å². The van der Waals surface area contributed by atoms with E-state index in [9.17, 15) is 39.5 Å². The summed E-state index contributed by atoms with van der Waals surface area (Å²) < 4.78 is 132. The molecule has 0 aliphatic rings. The van der Waals surface area contributed by atoms with Gasteiger partial charge in [0.2, 0.25) is 0 Å². The molecule has 0 atom stereocenters. The number of rotatable bonds is 8. The number of halogens is 9. The highest BCUT2D eigenvalue weighted by Gasteiger charge is 2.29. The summed E-state index contributed by atoms with van der Waals surface area (Å²) in [6.07, 6.45) is -2.34. The Bertz CT molecular complexity index is 1550. The van der Waals surface area contributed by atoms with Crippen molar-refractivity contribution in [2.75, 3.05) is 0 Å². The lowest BCUT2D eigenvalue weighted by molar-refractivity contribution is -0.131. The van der Waals surface area contributed by atoms with Crippen molar-refractivity contribution in [3.05, 3.63) is 119 Å². The number of hydrogen-bond donors (Lipinski definition) is 0. The van der Waals surface area contributed by atoms with E-state index >= 15 is 0 Å². The quantitative estimate of drug-likeness (QED) is 0.152. The summed E-state index contributed by atoms with van der Waals surface area (Å²) in [5.41, 5.74) is -1.16. The molecule has 1 nitrogen and oxygen atoms in total. The minimum absolute atomic E-state index is 0.0326. The highest BCUT2D eigenvalue weighted by molar-refractivity contribution is 5.68. The van der Waals surface area contributed by atoms with Crippen LogP contribution in [0.2, 0.25) is 0 Å². The molecule has 4 aromatic carbocycles. The second-order valence-corrected chi connectivity index (χ2v) is 8.81. The second-order valence-electron chi connectivity index (χ2n) is 8.81. The molecule has 0 bridgehead atoms. The van der Waals surface area contributed by atoms with Gasteiger partial charge in [-0.25, -0.2) is 30.7 Å². The van der Waals surface area contributed by atoms with Gasteiger partial charge in [0.1, 0.15) is 29.0 Å². The third kappa shape index (κ3) is 6.32. The molecule has 0 spiro atoms. The van der Waals surface area contributed by atoms with Crippen molar-refractivity contribution in [1.82, 2.24) is 0 Å². The van der Waals surface area contributed by atoms with Crippen LogP contribution in [0.3, 0.4) is 0 Å². The minimum Gasteiger partial charge on any atom is -0.429 e. The molecule has 0 fully saturated rings. The molecule has 0 N–H and O–H groups in total. The standard InChI is InChI=1S/C30H19F9O/c1-2-3-16-4-6-20(23(31)10-16)17-11-24(32)22(25(33)12-17)8-9-30(38,39)40-19-5-7-21(26(34)15-19)18-13-27(35)29(37)28(36)14-18/h4-15H,2-3H2,1H3. The lowest BCUT2D eigenvalue weighted by Gasteiger charge is -2.15. The van der Waals surface area contributed by atoms with Crippen LogP contribution in [0.1, 0.15) is 24.5 Å². The molecule has 0 aliphatic carbocycles. The van der Waals surface area contributed by atoms with Crippen molar-refractivity contribution in [3.8, 4) is 28.0 Å². The predicted octanol–water partition coefficient (Wildman–Crippen LogP) is 9.63. The summed E-state index contributed by atoms with van der Waals surface area (Å²) in [7, 11) is 0. The van der Waals surface area contributed by atoms with Crippen molar-refractivity contribution in [2.24, 2.45) is 0 Å². The third-order valence-electron chi connectivity index (χ3n) is 5.90. The van der Waals surface area contributed by atoms with Gasteiger partial charge >= 0.3 is 6.11 Å². The first-order chi connectivity index (χ1) is 18.9. The van der Waals surface area contributed by atoms with Gasteiger partial charge in [0.15, 0.2) is 17.5 Å². The molecule has 40 heavy (non-hydrogen) atoms. The first-order valence-electron chi connectivity index (χ1n) is 11.9. The highest BCUT2D eigenvalue weighted by Crippen LogP contribution is 2.32. The van der Waals surface area contributed by atoms with Crippen LogP contribution in [0.4, 0.5) is 39.5 Å². The van der Waals surface area contributed by atoms with Crippen LogP contribution in [0.5, 0.6) is 5.75 Å². The van der Waals surface area contributed by atoms with Gasteiger partial charge in [0, 0.05) is 28.8 Å². The number of hydrogen-bond acceptors (Lipinski definition) is 1. The fraction of sp³-hybridized carbons (Fsp3) is 0.133. The fourth-order valence-electron chi connectivity index (χ4n) is 4.01. The summed E-state index contributed by atoms with van der Waals surface area (Å²) in [5.74, 6) is -10.0. The number of benzene rings is 4. The monoisotopic (exact) mass is 566 g/mol. The van der Waals surface area contributed by atoms with Gasteiger partial charge < -0.3 is 4.74 Å². The van der Waals surface area contributed by atoms with Gasteiger partial charge in [-0.2, -0.15) is 8.78 Å². The second kappa shape index (κ2) is 11.5. The topological polar surface area (TPSA) is 9.23 Å². The molecule has 0 saturated carbocycles. The summed E-state index contributed by atoms with van der Waals surface area (Å²) >= 11 is 0. The number of alkyl halides is 2. The van der Waals surface area contributed by atoms with Crippen LogP contribution in [0, 0.1) is 40.7 Å². The molecule has 0 aromatic heterocycles. The third-order valence-corrected chi connectivity index (χ3v) is 5.90. The van der Waals surface area contributed by atoms with Crippen LogP contribution in [-0.2, 0) is 6.42 Å². The molecule has 0 unspecified atom stereocenters. The van der Waals surface area contributed by atoms with Crippen LogP contribution in [0.25, 0.3) is 28.3 Å². The molecule has 0 aliphatic heterocycles. The maximum absolute atomic E-state index is 14.6. The largest absolute Gasteiger partial charge is 0.429 e. The Morgan fingerprint density at radius 3 is 1.70 bits per heavy atom.